The molecular weight excluding hydrogens is 438 g/mol. The maximum absolute atomic E-state index is 13.0. The molecule has 1 atom stereocenters. The Morgan fingerprint density at radius 2 is 2.11 bits per heavy atom. The van der Waals surface area contributed by atoms with E-state index in [1.807, 2.05) is 30.3 Å². The van der Waals surface area contributed by atoms with Gasteiger partial charge >= 0.3 is 0 Å². The van der Waals surface area contributed by atoms with E-state index in [0.29, 0.717) is 11.5 Å². The van der Waals surface area contributed by atoms with Crippen LogP contribution in [0.2, 0.25) is 0 Å². The highest BCUT2D eigenvalue weighted by molar-refractivity contribution is 9.10. The Morgan fingerprint density at radius 1 is 1.25 bits per heavy atom. The number of halogens is 1. The fourth-order valence-corrected chi connectivity index (χ4v) is 4.99. The van der Waals surface area contributed by atoms with Gasteiger partial charge in [0.2, 0.25) is 0 Å². The van der Waals surface area contributed by atoms with Gasteiger partial charge in [0.15, 0.2) is 0 Å². The molecule has 0 radical (unpaired) electrons. The van der Waals surface area contributed by atoms with Gasteiger partial charge < -0.3 is 10.2 Å². The molecule has 8 heteroatoms. The van der Waals surface area contributed by atoms with Crippen molar-refractivity contribution in [1.82, 2.24) is 14.7 Å². The molecule has 0 aliphatic carbocycles. The van der Waals surface area contributed by atoms with Crippen molar-refractivity contribution in [3.63, 3.8) is 0 Å². The van der Waals surface area contributed by atoms with Crippen LogP contribution in [0, 0.1) is 5.92 Å². The van der Waals surface area contributed by atoms with Crippen molar-refractivity contribution in [2.75, 3.05) is 23.3 Å². The van der Waals surface area contributed by atoms with Crippen LogP contribution in [0.5, 0.6) is 0 Å². The highest BCUT2D eigenvalue weighted by Gasteiger charge is 2.40. The van der Waals surface area contributed by atoms with E-state index in [2.05, 4.69) is 49.7 Å². The van der Waals surface area contributed by atoms with E-state index in [4.69, 9.17) is 4.98 Å². The van der Waals surface area contributed by atoms with Gasteiger partial charge in [0, 0.05) is 30.6 Å². The summed E-state index contributed by atoms with van der Waals surface area (Å²) in [6.45, 7) is 6.28. The zero-order valence-electron chi connectivity index (χ0n) is 16.0. The van der Waals surface area contributed by atoms with E-state index in [-0.39, 0.29) is 11.4 Å². The summed E-state index contributed by atoms with van der Waals surface area (Å²) in [5.41, 5.74) is 0.547. The number of amides is 1. The normalized spacial score (nSPS) is 21.8. The molecule has 0 saturated carbocycles. The van der Waals surface area contributed by atoms with Gasteiger partial charge in [-0.3, -0.25) is 9.52 Å². The van der Waals surface area contributed by atoms with Crippen molar-refractivity contribution in [2.45, 2.75) is 43.7 Å². The highest BCUT2D eigenvalue weighted by atomic mass is 79.9. The third kappa shape index (κ3) is 4.12. The average molecular weight is 462 g/mol. The van der Waals surface area contributed by atoms with Crippen LogP contribution in [0.25, 0.3) is 0 Å². The predicted octanol–water partition coefficient (Wildman–Crippen LogP) is 4.49. The fraction of sp³-hybridized carbons (Fsp3) is 0.450. The molecule has 2 aromatic heterocycles. The highest BCUT2D eigenvalue weighted by Crippen LogP contribution is 2.39. The van der Waals surface area contributed by atoms with Gasteiger partial charge in [-0.2, -0.15) is 0 Å². The number of carbonyl (C=O) groups is 1. The van der Waals surface area contributed by atoms with Crippen LogP contribution in [0.15, 0.2) is 40.0 Å². The lowest BCUT2D eigenvalue weighted by Gasteiger charge is -2.33. The topological polar surface area (TPSA) is 70.1 Å². The van der Waals surface area contributed by atoms with Gasteiger partial charge in [-0.25, -0.2) is 9.97 Å². The Hall–Kier alpha value is -1.80. The van der Waals surface area contributed by atoms with E-state index in [1.165, 1.54) is 11.9 Å². The molecule has 0 aromatic carbocycles. The molecule has 148 valence electrons. The van der Waals surface area contributed by atoms with Crippen LogP contribution < -0.4 is 14.9 Å². The molecule has 4 rings (SSSR count). The second-order valence-corrected chi connectivity index (χ2v) is 9.60. The molecule has 1 fully saturated rings. The molecule has 2 aliphatic rings. The van der Waals surface area contributed by atoms with Crippen molar-refractivity contribution in [1.29, 1.82) is 0 Å². The Labute approximate surface area is 178 Å². The van der Waals surface area contributed by atoms with E-state index >= 15 is 0 Å². The van der Waals surface area contributed by atoms with E-state index in [0.717, 1.165) is 53.6 Å². The number of anilines is 2. The second kappa shape index (κ2) is 7.91. The SMILES string of the molecule is CC1(C)CC2CCCNc3cccc(n3)SNC(=O)c3ccc(Br)nc3N1C2. The van der Waals surface area contributed by atoms with Gasteiger partial charge in [0.25, 0.3) is 5.91 Å². The van der Waals surface area contributed by atoms with E-state index in [9.17, 15) is 4.79 Å². The van der Waals surface area contributed by atoms with Crippen molar-refractivity contribution in [3.05, 3.63) is 40.5 Å². The molecule has 2 aromatic rings. The van der Waals surface area contributed by atoms with Gasteiger partial charge in [-0.05, 0) is 79.2 Å². The first-order valence-electron chi connectivity index (χ1n) is 9.55. The number of pyridine rings is 2. The minimum Gasteiger partial charge on any atom is -0.370 e. The lowest BCUT2D eigenvalue weighted by molar-refractivity contribution is 0.0984. The molecule has 6 nitrogen and oxygen atoms in total. The molecule has 2 aliphatic heterocycles. The van der Waals surface area contributed by atoms with Crippen LogP contribution in [-0.2, 0) is 0 Å². The molecule has 1 saturated heterocycles. The van der Waals surface area contributed by atoms with Crippen LogP contribution in [0.4, 0.5) is 11.6 Å². The first kappa shape index (κ1) is 19.5. The van der Waals surface area contributed by atoms with Crippen LogP contribution in [-0.4, -0.2) is 34.5 Å². The summed E-state index contributed by atoms with van der Waals surface area (Å²) in [4.78, 5) is 24.5. The zero-order chi connectivity index (χ0) is 19.7. The summed E-state index contributed by atoms with van der Waals surface area (Å²) in [7, 11) is 0. The number of hydrogen-bond acceptors (Lipinski definition) is 6. The molecule has 0 spiro atoms. The van der Waals surface area contributed by atoms with E-state index < -0.39 is 0 Å². The number of rotatable bonds is 0. The van der Waals surface area contributed by atoms with Crippen molar-refractivity contribution >= 4 is 45.4 Å². The number of carbonyl (C=O) groups excluding carboxylic acids is 1. The summed E-state index contributed by atoms with van der Waals surface area (Å²) < 4.78 is 3.67. The minimum atomic E-state index is -0.158. The van der Waals surface area contributed by atoms with Gasteiger partial charge in [0.05, 0.1) is 5.56 Å². The molecule has 2 N–H and O–H groups in total. The van der Waals surface area contributed by atoms with Gasteiger partial charge in [-0.15, -0.1) is 0 Å². The zero-order valence-corrected chi connectivity index (χ0v) is 18.4. The summed E-state index contributed by atoms with van der Waals surface area (Å²) in [6, 6.07) is 9.46. The summed E-state index contributed by atoms with van der Waals surface area (Å²) >= 11 is 4.70. The summed E-state index contributed by atoms with van der Waals surface area (Å²) in [5.74, 6) is 2.00. The smallest absolute Gasteiger partial charge is 0.265 e. The molecule has 1 amide bonds. The maximum Gasteiger partial charge on any atom is 0.265 e. The number of fused-ring (bicyclic) bond motifs is 6. The monoisotopic (exact) mass is 461 g/mol. The van der Waals surface area contributed by atoms with E-state index in [1.54, 1.807) is 0 Å². The number of nitrogens with one attached hydrogen (secondary N) is 2. The molecule has 28 heavy (non-hydrogen) atoms. The third-order valence-corrected chi connectivity index (χ3v) is 6.53. The molecule has 1 unspecified atom stereocenters. The largest absolute Gasteiger partial charge is 0.370 e. The van der Waals surface area contributed by atoms with Crippen molar-refractivity contribution in [2.24, 2.45) is 5.92 Å². The maximum atomic E-state index is 13.0. The first-order chi connectivity index (χ1) is 13.4. The Balaban J connectivity index is 1.71. The standard InChI is InChI=1S/C20H24BrN5OS/c1-20(2)11-13-5-4-10-22-16-6-3-7-17(24-16)28-25-19(27)14-8-9-15(21)23-18(14)26(20)12-13/h3,6-9,13H,4-5,10-12H2,1-2H3,(H,22,24)(H,25,27). The van der Waals surface area contributed by atoms with Gasteiger partial charge in [0.1, 0.15) is 21.3 Å². The van der Waals surface area contributed by atoms with Crippen LogP contribution >= 0.6 is 27.9 Å². The Kier molecular flexibility index (Phi) is 5.51. The van der Waals surface area contributed by atoms with Crippen molar-refractivity contribution in [3.8, 4) is 0 Å². The van der Waals surface area contributed by atoms with Crippen LogP contribution in [0.3, 0.4) is 0 Å². The quantitative estimate of drug-likeness (QED) is 0.444. The Bertz CT molecular complexity index is 891. The van der Waals surface area contributed by atoms with Gasteiger partial charge in [-0.1, -0.05) is 6.07 Å². The summed E-state index contributed by atoms with van der Waals surface area (Å²) in [6.07, 6.45) is 3.31. The number of aromatic nitrogens is 2. The molecular formula is C20H24BrN5OS. The third-order valence-electron chi connectivity index (χ3n) is 5.37. The lowest BCUT2D eigenvalue weighted by atomic mass is 9.93. The number of nitrogens with zero attached hydrogens (tertiary/aromatic N) is 3. The second-order valence-electron chi connectivity index (χ2n) is 7.96. The first-order valence-corrected chi connectivity index (χ1v) is 11.2. The predicted molar refractivity (Wildman–Crippen MR) is 117 cm³/mol. The molecule has 4 bridgehead atoms. The summed E-state index contributed by atoms with van der Waals surface area (Å²) in [5, 5.41) is 4.15. The van der Waals surface area contributed by atoms with Crippen molar-refractivity contribution < 1.29 is 4.79 Å². The van der Waals surface area contributed by atoms with Crippen LogP contribution in [0.1, 0.15) is 43.5 Å². The fourth-order valence-electron chi connectivity index (χ4n) is 4.09. The average Bonchev–Trinajstić information content (AvgIpc) is 2.97. The minimum absolute atomic E-state index is 0.0447. The number of hydrogen-bond donors (Lipinski definition) is 2. The Morgan fingerprint density at radius 3 is 2.96 bits per heavy atom. The lowest BCUT2D eigenvalue weighted by Crippen LogP contribution is -2.40. The molecule has 4 heterocycles.